The zero-order valence-electron chi connectivity index (χ0n) is 9.54. The van der Waals surface area contributed by atoms with E-state index >= 15 is 0 Å². The van der Waals surface area contributed by atoms with Gasteiger partial charge in [0.2, 0.25) is 0 Å². The topological polar surface area (TPSA) is 73.7 Å². The number of aromatic nitrogens is 1. The number of nitrogens with zero attached hydrogens (tertiary/aromatic N) is 3. The van der Waals surface area contributed by atoms with E-state index in [4.69, 9.17) is 16.7 Å². The molecule has 6 nitrogen and oxygen atoms in total. The summed E-state index contributed by atoms with van der Waals surface area (Å²) in [7, 11) is 0. The molecule has 0 bridgehead atoms. The fraction of sp³-hybridized carbons (Fsp3) is 0.364. The van der Waals surface area contributed by atoms with Crippen LogP contribution < -0.4 is 4.90 Å². The second kappa shape index (κ2) is 5.22. The highest BCUT2D eigenvalue weighted by molar-refractivity contribution is 6.31. The van der Waals surface area contributed by atoms with E-state index in [1.165, 1.54) is 4.90 Å². The Bertz CT molecular complexity index is 472. The van der Waals surface area contributed by atoms with E-state index in [1.54, 1.807) is 12.1 Å². The van der Waals surface area contributed by atoms with Crippen molar-refractivity contribution in [2.45, 2.75) is 0 Å². The molecule has 0 aromatic carbocycles. The number of pyridine rings is 1. The molecule has 0 unspecified atom stereocenters. The maximum atomic E-state index is 11.3. The number of carbonyl (C=O) groups excluding carboxylic acids is 1. The summed E-state index contributed by atoms with van der Waals surface area (Å²) < 4.78 is 0. The summed E-state index contributed by atoms with van der Waals surface area (Å²) in [5, 5.41) is 9.03. The van der Waals surface area contributed by atoms with Crippen LogP contribution in [0.25, 0.3) is 0 Å². The number of piperazine rings is 1. The number of anilines is 1. The number of amides is 1. The fourth-order valence-electron chi connectivity index (χ4n) is 1.85. The average Bonchev–Trinajstić information content (AvgIpc) is 2.38. The first-order valence-electron chi connectivity index (χ1n) is 5.47. The van der Waals surface area contributed by atoms with Crippen LogP contribution in [0.15, 0.2) is 18.2 Å². The van der Waals surface area contributed by atoms with Crippen molar-refractivity contribution in [2.75, 3.05) is 31.1 Å². The molecule has 0 aliphatic carbocycles. The Morgan fingerprint density at radius 2 is 1.89 bits per heavy atom. The Balaban J connectivity index is 1.98. The summed E-state index contributed by atoms with van der Waals surface area (Å²) in [4.78, 5) is 29.3. The number of hydrogen-bond donors (Lipinski definition) is 1. The summed E-state index contributed by atoms with van der Waals surface area (Å²) in [6.07, 6.45) is 0. The van der Waals surface area contributed by atoms with Gasteiger partial charge in [-0.1, -0.05) is 17.7 Å². The summed E-state index contributed by atoms with van der Waals surface area (Å²) >= 11 is 5.80. The number of carboxylic acids is 1. The SMILES string of the molecule is O=C(O)C(=O)N1CCN(c2cccc(Cl)n2)CC1. The molecule has 2 rings (SSSR count). The Morgan fingerprint density at radius 3 is 2.44 bits per heavy atom. The highest BCUT2D eigenvalue weighted by Gasteiger charge is 2.25. The van der Waals surface area contributed by atoms with Gasteiger partial charge in [-0.05, 0) is 12.1 Å². The van der Waals surface area contributed by atoms with Crippen molar-refractivity contribution in [1.82, 2.24) is 9.88 Å². The zero-order valence-corrected chi connectivity index (χ0v) is 10.3. The number of hydrogen-bond acceptors (Lipinski definition) is 4. The maximum Gasteiger partial charge on any atom is 0.394 e. The smallest absolute Gasteiger partial charge is 0.394 e. The van der Waals surface area contributed by atoms with Crippen LogP contribution in [-0.4, -0.2) is 53.0 Å². The summed E-state index contributed by atoms with van der Waals surface area (Å²) in [5.41, 5.74) is 0. The van der Waals surface area contributed by atoms with Gasteiger partial charge in [0.25, 0.3) is 0 Å². The maximum absolute atomic E-state index is 11.3. The molecule has 1 aromatic rings. The minimum atomic E-state index is -1.41. The lowest BCUT2D eigenvalue weighted by Gasteiger charge is -2.34. The molecule has 0 radical (unpaired) electrons. The monoisotopic (exact) mass is 269 g/mol. The Labute approximate surface area is 109 Å². The van der Waals surface area contributed by atoms with Crippen LogP contribution in [0.1, 0.15) is 0 Å². The molecule has 2 heterocycles. The van der Waals surface area contributed by atoms with Gasteiger partial charge in [-0.2, -0.15) is 0 Å². The van der Waals surface area contributed by atoms with Gasteiger partial charge in [0.15, 0.2) is 0 Å². The van der Waals surface area contributed by atoms with E-state index in [-0.39, 0.29) is 0 Å². The third-order valence-electron chi connectivity index (χ3n) is 2.77. The first-order valence-corrected chi connectivity index (χ1v) is 5.85. The fourth-order valence-corrected chi connectivity index (χ4v) is 2.01. The summed E-state index contributed by atoms with van der Waals surface area (Å²) in [6, 6.07) is 5.33. The van der Waals surface area contributed by atoms with Gasteiger partial charge >= 0.3 is 11.9 Å². The van der Waals surface area contributed by atoms with Gasteiger partial charge in [-0.25, -0.2) is 9.78 Å². The van der Waals surface area contributed by atoms with E-state index in [9.17, 15) is 9.59 Å². The number of halogens is 1. The molecule has 1 aromatic heterocycles. The van der Waals surface area contributed by atoms with Crippen LogP contribution in [0.4, 0.5) is 5.82 Å². The number of rotatable bonds is 1. The van der Waals surface area contributed by atoms with Gasteiger partial charge < -0.3 is 14.9 Å². The van der Waals surface area contributed by atoms with E-state index in [2.05, 4.69) is 4.98 Å². The molecule has 0 atom stereocenters. The van der Waals surface area contributed by atoms with Crippen LogP contribution in [0.2, 0.25) is 5.15 Å². The van der Waals surface area contributed by atoms with Gasteiger partial charge in [0.1, 0.15) is 11.0 Å². The van der Waals surface area contributed by atoms with Gasteiger partial charge in [0.05, 0.1) is 0 Å². The molecule has 0 spiro atoms. The number of aliphatic carboxylic acids is 1. The first-order chi connectivity index (χ1) is 8.58. The van der Waals surface area contributed by atoms with E-state index in [1.807, 2.05) is 11.0 Å². The van der Waals surface area contributed by atoms with E-state index < -0.39 is 11.9 Å². The van der Waals surface area contributed by atoms with Crippen LogP contribution >= 0.6 is 11.6 Å². The van der Waals surface area contributed by atoms with Crippen LogP contribution in [0.5, 0.6) is 0 Å². The van der Waals surface area contributed by atoms with Crippen molar-refractivity contribution >= 4 is 29.3 Å². The van der Waals surface area contributed by atoms with Crippen molar-refractivity contribution in [3.05, 3.63) is 23.4 Å². The lowest BCUT2D eigenvalue weighted by Crippen LogP contribution is -2.50. The normalized spacial score (nSPS) is 15.6. The highest BCUT2D eigenvalue weighted by Crippen LogP contribution is 2.16. The molecule has 1 amide bonds. The third kappa shape index (κ3) is 2.70. The van der Waals surface area contributed by atoms with E-state index in [0.29, 0.717) is 31.3 Å². The van der Waals surface area contributed by atoms with Gasteiger partial charge in [0, 0.05) is 26.2 Å². The molecule has 1 fully saturated rings. The number of carboxylic acid groups (broad SMARTS) is 1. The Hall–Kier alpha value is -1.82. The molecule has 0 saturated carbocycles. The molecule has 1 N–H and O–H groups in total. The molecule has 96 valence electrons. The molecule has 7 heteroatoms. The summed E-state index contributed by atoms with van der Waals surface area (Å²) in [6.45, 7) is 1.84. The lowest BCUT2D eigenvalue weighted by atomic mass is 10.3. The second-order valence-corrected chi connectivity index (χ2v) is 4.29. The molecule has 1 aliphatic rings. The predicted molar refractivity (Wildman–Crippen MR) is 65.7 cm³/mol. The quantitative estimate of drug-likeness (QED) is 0.593. The Kier molecular flexibility index (Phi) is 3.66. The predicted octanol–water partition coefficient (Wildman–Crippen LogP) is 0.468. The van der Waals surface area contributed by atoms with E-state index in [0.717, 1.165) is 5.82 Å². The largest absolute Gasteiger partial charge is 0.474 e. The van der Waals surface area contributed by atoms with Gasteiger partial charge in [-0.3, -0.25) is 4.79 Å². The molecule has 1 aliphatic heterocycles. The molecular weight excluding hydrogens is 258 g/mol. The van der Waals surface area contributed by atoms with Crippen LogP contribution in [-0.2, 0) is 9.59 Å². The lowest BCUT2D eigenvalue weighted by molar-refractivity contribution is -0.156. The summed E-state index contributed by atoms with van der Waals surface area (Å²) in [5.74, 6) is -1.53. The molecular formula is C11H12ClN3O3. The molecule has 1 saturated heterocycles. The average molecular weight is 270 g/mol. The van der Waals surface area contributed by atoms with Crippen LogP contribution in [0, 0.1) is 0 Å². The standard InChI is InChI=1S/C11H12ClN3O3/c12-8-2-1-3-9(13-8)14-4-6-15(7-5-14)10(16)11(17)18/h1-3H,4-7H2,(H,17,18). The minimum absolute atomic E-state index is 0.374. The number of carbonyl (C=O) groups is 2. The highest BCUT2D eigenvalue weighted by atomic mass is 35.5. The Morgan fingerprint density at radius 1 is 1.22 bits per heavy atom. The van der Waals surface area contributed by atoms with Crippen molar-refractivity contribution in [3.63, 3.8) is 0 Å². The minimum Gasteiger partial charge on any atom is -0.474 e. The first kappa shape index (κ1) is 12.6. The second-order valence-electron chi connectivity index (χ2n) is 3.90. The zero-order chi connectivity index (χ0) is 13.1. The molecule has 18 heavy (non-hydrogen) atoms. The van der Waals surface area contributed by atoms with Crippen molar-refractivity contribution < 1.29 is 14.7 Å². The van der Waals surface area contributed by atoms with Crippen molar-refractivity contribution in [2.24, 2.45) is 0 Å². The van der Waals surface area contributed by atoms with Crippen molar-refractivity contribution in [1.29, 1.82) is 0 Å². The third-order valence-corrected chi connectivity index (χ3v) is 2.98. The van der Waals surface area contributed by atoms with Crippen LogP contribution in [0.3, 0.4) is 0 Å². The van der Waals surface area contributed by atoms with Gasteiger partial charge in [-0.15, -0.1) is 0 Å². The van der Waals surface area contributed by atoms with Crippen molar-refractivity contribution in [3.8, 4) is 0 Å².